The molecule has 3 heteroatoms. The third-order valence-corrected chi connectivity index (χ3v) is 10.5. The van der Waals surface area contributed by atoms with Crippen LogP contribution in [-0.4, -0.2) is 9.97 Å². The Bertz CT molecular complexity index is 2790. The van der Waals surface area contributed by atoms with E-state index in [9.17, 15) is 0 Å². The molecule has 0 amide bonds. The molecular formula is C47H32N2O. The zero-order chi connectivity index (χ0) is 33.4. The van der Waals surface area contributed by atoms with E-state index in [2.05, 4.69) is 141 Å². The number of fused-ring (bicyclic) bond motifs is 8. The molecule has 236 valence electrons. The first-order valence-corrected chi connectivity index (χ1v) is 17.2. The lowest BCUT2D eigenvalue weighted by atomic mass is 9.81. The average Bonchev–Trinajstić information content (AvgIpc) is 3.66. The molecule has 0 aliphatic heterocycles. The van der Waals surface area contributed by atoms with Crippen molar-refractivity contribution in [2.75, 3.05) is 0 Å². The molecule has 10 rings (SSSR count). The lowest BCUT2D eigenvalue weighted by molar-refractivity contribution is 0.661. The normalized spacial score (nSPS) is 13.2. The van der Waals surface area contributed by atoms with Gasteiger partial charge in [0.05, 0.1) is 11.4 Å². The van der Waals surface area contributed by atoms with E-state index in [1.165, 1.54) is 33.0 Å². The van der Waals surface area contributed by atoms with Crippen molar-refractivity contribution in [3.05, 3.63) is 169 Å². The largest absolute Gasteiger partial charge is 0.456 e. The second kappa shape index (κ2) is 10.8. The minimum atomic E-state index is -0.140. The van der Waals surface area contributed by atoms with Crippen molar-refractivity contribution in [3.63, 3.8) is 0 Å². The lowest BCUT2D eigenvalue weighted by Gasteiger charge is -2.23. The monoisotopic (exact) mass is 640 g/mol. The number of furan rings is 1. The summed E-state index contributed by atoms with van der Waals surface area (Å²) in [5.74, 6) is 0.710. The molecule has 2 heterocycles. The van der Waals surface area contributed by atoms with Gasteiger partial charge < -0.3 is 4.42 Å². The average molecular weight is 641 g/mol. The summed E-state index contributed by atoms with van der Waals surface area (Å²) in [4.78, 5) is 10.5. The molecule has 0 saturated heterocycles. The van der Waals surface area contributed by atoms with E-state index >= 15 is 0 Å². The van der Waals surface area contributed by atoms with Crippen LogP contribution in [0.3, 0.4) is 0 Å². The molecule has 0 saturated carbocycles. The first-order valence-electron chi connectivity index (χ1n) is 17.2. The Morgan fingerprint density at radius 3 is 1.96 bits per heavy atom. The molecule has 3 nitrogen and oxygen atoms in total. The van der Waals surface area contributed by atoms with Crippen molar-refractivity contribution in [1.82, 2.24) is 9.97 Å². The summed E-state index contributed by atoms with van der Waals surface area (Å²) in [5.41, 5.74) is 14.2. The zero-order valence-corrected chi connectivity index (χ0v) is 27.8. The molecule has 0 fully saturated rings. The van der Waals surface area contributed by atoms with Crippen LogP contribution in [-0.2, 0) is 5.41 Å². The fraction of sp³-hybridized carbons (Fsp3) is 0.0638. The maximum Gasteiger partial charge on any atom is 0.160 e. The number of para-hydroxylation sites is 1. The van der Waals surface area contributed by atoms with E-state index in [0.29, 0.717) is 5.82 Å². The highest BCUT2D eigenvalue weighted by Crippen LogP contribution is 2.53. The molecule has 0 bridgehead atoms. The summed E-state index contributed by atoms with van der Waals surface area (Å²) in [6.07, 6.45) is 0. The number of hydrogen-bond acceptors (Lipinski definition) is 3. The second-order valence-electron chi connectivity index (χ2n) is 13.8. The molecule has 2 aromatic heterocycles. The van der Waals surface area contributed by atoms with Crippen LogP contribution in [0.25, 0.3) is 88.9 Å². The first-order chi connectivity index (χ1) is 24.5. The van der Waals surface area contributed by atoms with E-state index in [1.807, 2.05) is 30.3 Å². The van der Waals surface area contributed by atoms with Crippen LogP contribution in [0.2, 0.25) is 0 Å². The standard InChI is InChI=1S/C47H32N2O/c1-47(2)39-21-10-8-20-36(39)45-35-19-7-6-17-33(35)37(27-40(45)47)42-28-41(48-46(49-42)29-13-4-3-5-14-29)32-16-12-15-30(25-32)31-23-24-44-38(26-31)34-18-9-11-22-43(34)50-44/h3-28H,1-2H3. The maximum atomic E-state index is 6.12. The molecule has 1 aliphatic rings. The summed E-state index contributed by atoms with van der Waals surface area (Å²) in [6.45, 7) is 4.68. The molecular weight excluding hydrogens is 609 g/mol. The van der Waals surface area contributed by atoms with E-state index in [1.54, 1.807) is 0 Å². The van der Waals surface area contributed by atoms with Gasteiger partial charge in [0, 0.05) is 32.9 Å². The fourth-order valence-electron chi connectivity index (χ4n) is 7.97. The summed E-state index contributed by atoms with van der Waals surface area (Å²) in [7, 11) is 0. The van der Waals surface area contributed by atoms with Gasteiger partial charge in [-0.3, -0.25) is 0 Å². The predicted octanol–water partition coefficient (Wildman–Crippen LogP) is 12.5. The Morgan fingerprint density at radius 2 is 1.08 bits per heavy atom. The van der Waals surface area contributed by atoms with E-state index in [4.69, 9.17) is 14.4 Å². The summed E-state index contributed by atoms with van der Waals surface area (Å²) in [5, 5.41) is 4.69. The topological polar surface area (TPSA) is 38.9 Å². The summed E-state index contributed by atoms with van der Waals surface area (Å²) in [6, 6.07) is 55.8. The molecule has 0 spiro atoms. The first kappa shape index (κ1) is 28.7. The lowest BCUT2D eigenvalue weighted by Crippen LogP contribution is -2.15. The van der Waals surface area contributed by atoms with Crippen molar-refractivity contribution in [1.29, 1.82) is 0 Å². The Kier molecular flexibility index (Phi) is 6.22. The van der Waals surface area contributed by atoms with Crippen LogP contribution >= 0.6 is 0 Å². The van der Waals surface area contributed by atoms with Crippen LogP contribution in [0.4, 0.5) is 0 Å². The summed E-state index contributed by atoms with van der Waals surface area (Å²) >= 11 is 0. The Labute approximate surface area is 290 Å². The van der Waals surface area contributed by atoms with Gasteiger partial charge in [-0.15, -0.1) is 0 Å². The number of benzene rings is 7. The van der Waals surface area contributed by atoms with E-state index in [0.717, 1.165) is 61.1 Å². The Balaban J connectivity index is 1.17. The number of aromatic nitrogens is 2. The second-order valence-corrected chi connectivity index (χ2v) is 13.8. The molecule has 0 atom stereocenters. The highest BCUT2D eigenvalue weighted by Gasteiger charge is 2.37. The minimum absolute atomic E-state index is 0.140. The van der Waals surface area contributed by atoms with Crippen molar-refractivity contribution in [2.45, 2.75) is 19.3 Å². The van der Waals surface area contributed by atoms with Gasteiger partial charge in [-0.2, -0.15) is 0 Å². The van der Waals surface area contributed by atoms with Crippen LogP contribution in [0.15, 0.2) is 162 Å². The molecule has 0 unspecified atom stereocenters. The van der Waals surface area contributed by atoms with Gasteiger partial charge in [0.1, 0.15) is 11.2 Å². The molecule has 50 heavy (non-hydrogen) atoms. The minimum Gasteiger partial charge on any atom is -0.456 e. The van der Waals surface area contributed by atoms with Crippen LogP contribution < -0.4 is 0 Å². The third-order valence-electron chi connectivity index (χ3n) is 10.5. The molecule has 0 radical (unpaired) electrons. The third kappa shape index (κ3) is 4.37. The van der Waals surface area contributed by atoms with Crippen molar-refractivity contribution in [2.24, 2.45) is 0 Å². The van der Waals surface area contributed by atoms with Gasteiger partial charge in [-0.1, -0.05) is 135 Å². The molecule has 0 N–H and O–H groups in total. The van der Waals surface area contributed by atoms with Gasteiger partial charge in [-0.05, 0) is 80.6 Å². The fourth-order valence-corrected chi connectivity index (χ4v) is 7.97. The zero-order valence-electron chi connectivity index (χ0n) is 27.8. The number of rotatable bonds is 4. The van der Waals surface area contributed by atoms with Crippen molar-refractivity contribution >= 4 is 32.7 Å². The van der Waals surface area contributed by atoms with Gasteiger partial charge in [0.15, 0.2) is 5.82 Å². The van der Waals surface area contributed by atoms with Gasteiger partial charge >= 0.3 is 0 Å². The quantitative estimate of drug-likeness (QED) is 0.192. The van der Waals surface area contributed by atoms with Gasteiger partial charge in [0.25, 0.3) is 0 Å². The Morgan fingerprint density at radius 1 is 0.420 bits per heavy atom. The van der Waals surface area contributed by atoms with Gasteiger partial charge in [0.2, 0.25) is 0 Å². The van der Waals surface area contributed by atoms with Crippen molar-refractivity contribution in [3.8, 4) is 56.2 Å². The number of nitrogens with zero attached hydrogens (tertiary/aromatic N) is 2. The van der Waals surface area contributed by atoms with E-state index < -0.39 is 0 Å². The van der Waals surface area contributed by atoms with Crippen LogP contribution in [0.5, 0.6) is 0 Å². The van der Waals surface area contributed by atoms with Crippen molar-refractivity contribution < 1.29 is 4.42 Å². The molecule has 7 aromatic carbocycles. The van der Waals surface area contributed by atoms with Gasteiger partial charge in [-0.25, -0.2) is 9.97 Å². The SMILES string of the molecule is CC1(C)c2ccccc2-c2c1cc(-c1cc(-c3cccc(-c4ccc5oc6ccccc6c5c4)c3)nc(-c3ccccc3)n1)c1ccccc21. The predicted molar refractivity (Wildman–Crippen MR) is 206 cm³/mol. The Hall–Kier alpha value is -6.32. The molecule has 1 aliphatic carbocycles. The highest BCUT2D eigenvalue weighted by molar-refractivity contribution is 6.09. The highest BCUT2D eigenvalue weighted by atomic mass is 16.3. The van der Waals surface area contributed by atoms with Crippen LogP contribution in [0.1, 0.15) is 25.0 Å². The van der Waals surface area contributed by atoms with Crippen LogP contribution in [0, 0.1) is 0 Å². The number of hydrogen-bond donors (Lipinski definition) is 0. The summed E-state index contributed by atoms with van der Waals surface area (Å²) < 4.78 is 6.12. The van der Waals surface area contributed by atoms with E-state index in [-0.39, 0.29) is 5.41 Å². The maximum absolute atomic E-state index is 6.12. The molecule has 9 aromatic rings. The smallest absolute Gasteiger partial charge is 0.160 e.